The summed E-state index contributed by atoms with van der Waals surface area (Å²) in [7, 11) is 0. The molecule has 2 rings (SSSR count). The molecule has 2 aromatic carbocycles. The van der Waals surface area contributed by atoms with Crippen LogP contribution >= 0.6 is 11.6 Å². The monoisotopic (exact) mass is 303 g/mol. The predicted octanol–water partition coefficient (Wildman–Crippen LogP) is 4.60. The van der Waals surface area contributed by atoms with Crippen molar-refractivity contribution in [1.29, 1.82) is 0 Å². The number of carbonyl (C=O) groups is 1. The Morgan fingerprint density at radius 1 is 1.14 bits per heavy atom. The van der Waals surface area contributed by atoms with Crippen LogP contribution in [0.1, 0.15) is 36.7 Å². The zero-order chi connectivity index (χ0) is 15.6. The van der Waals surface area contributed by atoms with E-state index in [1.165, 1.54) is 12.1 Å². The number of halogens is 1. The summed E-state index contributed by atoms with van der Waals surface area (Å²) in [6.07, 6.45) is 0. The lowest BCUT2D eigenvalue weighted by atomic mass is 9.86. The number of amides is 1. The molecule has 0 aliphatic rings. The van der Waals surface area contributed by atoms with Gasteiger partial charge in [-0.05, 0) is 35.2 Å². The number of carbonyl (C=O) groups excluding carboxylic acids is 1. The molecule has 1 amide bonds. The smallest absolute Gasteiger partial charge is 0.259 e. The minimum atomic E-state index is -0.360. The second kappa shape index (κ2) is 5.78. The van der Waals surface area contributed by atoms with Crippen LogP contribution in [0.15, 0.2) is 42.5 Å². The highest BCUT2D eigenvalue weighted by molar-refractivity contribution is 6.31. The fourth-order valence-corrected chi connectivity index (χ4v) is 2.30. The highest BCUT2D eigenvalue weighted by Gasteiger charge is 2.19. The maximum atomic E-state index is 12.3. The SMILES string of the molecule is CC(C)(C)c1ccccc1NC(=O)c1ccc(Cl)cc1O. The molecule has 0 saturated carbocycles. The second-order valence-corrected chi connectivity index (χ2v) is 6.35. The van der Waals surface area contributed by atoms with Crippen molar-refractivity contribution in [3.05, 3.63) is 58.6 Å². The van der Waals surface area contributed by atoms with Crippen LogP contribution in [0.4, 0.5) is 5.69 Å². The summed E-state index contributed by atoms with van der Waals surface area (Å²) < 4.78 is 0. The highest BCUT2D eigenvalue weighted by Crippen LogP contribution is 2.30. The third kappa shape index (κ3) is 3.56. The molecule has 0 spiro atoms. The molecule has 2 N–H and O–H groups in total. The van der Waals surface area contributed by atoms with Gasteiger partial charge in [0.15, 0.2) is 0 Å². The lowest BCUT2D eigenvalue weighted by Gasteiger charge is -2.23. The molecule has 0 bridgehead atoms. The van der Waals surface area contributed by atoms with Crippen LogP contribution in [0, 0.1) is 0 Å². The molecular formula is C17H18ClNO2. The van der Waals surface area contributed by atoms with Crippen LogP contribution in [0.5, 0.6) is 5.75 Å². The quantitative estimate of drug-likeness (QED) is 0.852. The largest absolute Gasteiger partial charge is 0.507 e. The lowest BCUT2D eigenvalue weighted by Crippen LogP contribution is -2.18. The number of hydrogen-bond acceptors (Lipinski definition) is 2. The Balaban J connectivity index is 2.32. The molecule has 0 aliphatic heterocycles. The molecule has 0 aromatic heterocycles. The van der Waals surface area contributed by atoms with Gasteiger partial charge in [-0.2, -0.15) is 0 Å². The Bertz CT molecular complexity index is 675. The summed E-state index contributed by atoms with van der Waals surface area (Å²) in [6, 6.07) is 12.1. The molecule has 0 fully saturated rings. The Hall–Kier alpha value is -2.00. The van der Waals surface area contributed by atoms with Gasteiger partial charge in [0.05, 0.1) is 5.56 Å². The fourth-order valence-electron chi connectivity index (χ4n) is 2.13. The van der Waals surface area contributed by atoms with Crippen molar-refractivity contribution >= 4 is 23.2 Å². The van der Waals surface area contributed by atoms with Gasteiger partial charge in [0.2, 0.25) is 0 Å². The van der Waals surface area contributed by atoms with Crippen molar-refractivity contribution in [3.8, 4) is 5.75 Å². The first-order chi connectivity index (χ1) is 9.79. The summed E-state index contributed by atoms with van der Waals surface area (Å²) >= 11 is 5.78. The zero-order valence-corrected chi connectivity index (χ0v) is 13.0. The van der Waals surface area contributed by atoms with Gasteiger partial charge in [-0.3, -0.25) is 4.79 Å². The van der Waals surface area contributed by atoms with Crippen molar-refractivity contribution in [2.75, 3.05) is 5.32 Å². The number of phenolic OH excluding ortho intramolecular Hbond substituents is 1. The number of rotatable bonds is 2. The minimum absolute atomic E-state index is 0.0914. The number of aromatic hydroxyl groups is 1. The second-order valence-electron chi connectivity index (χ2n) is 5.91. The summed E-state index contributed by atoms with van der Waals surface area (Å²) in [6.45, 7) is 6.24. The van der Waals surface area contributed by atoms with E-state index in [0.717, 1.165) is 11.3 Å². The van der Waals surface area contributed by atoms with Crippen LogP contribution in [0.2, 0.25) is 5.02 Å². The highest BCUT2D eigenvalue weighted by atomic mass is 35.5. The average Bonchev–Trinajstić information content (AvgIpc) is 2.37. The summed E-state index contributed by atoms with van der Waals surface area (Å²) in [5, 5.41) is 13.1. The van der Waals surface area contributed by atoms with E-state index in [2.05, 4.69) is 26.1 Å². The molecule has 4 heteroatoms. The number of hydrogen-bond donors (Lipinski definition) is 2. The molecule has 0 unspecified atom stereocenters. The van der Waals surface area contributed by atoms with Crippen molar-refractivity contribution in [2.45, 2.75) is 26.2 Å². The van der Waals surface area contributed by atoms with E-state index >= 15 is 0 Å². The van der Waals surface area contributed by atoms with Crippen LogP contribution in [0.3, 0.4) is 0 Å². The summed E-state index contributed by atoms with van der Waals surface area (Å²) in [4.78, 5) is 12.3. The maximum Gasteiger partial charge on any atom is 0.259 e. The van der Waals surface area contributed by atoms with Gasteiger partial charge in [-0.1, -0.05) is 50.6 Å². The number of nitrogens with one attached hydrogen (secondary N) is 1. The van der Waals surface area contributed by atoms with Crippen molar-refractivity contribution < 1.29 is 9.90 Å². The van der Waals surface area contributed by atoms with Crippen LogP contribution in [0.25, 0.3) is 0 Å². The molecule has 0 aliphatic carbocycles. The Kier molecular flexibility index (Phi) is 4.24. The summed E-state index contributed by atoms with van der Waals surface area (Å²) in [5.74, 6) is -0.492. The molecule has 0 saturated heterocycles. The average molecular weight is 304 g/mol. The first-order valence-corrected chi connectivity index (χ1v) is 7.06. The third-order valence-electron chi connectivity index (χ3n) is 3.19. The first kappa shape index (κ1) is 15.4. The molecule has 0 radical (unpaired) electrons. The van der Waals surface area contributed by atoms with Gasteiger partial charge in [-0.25, -0.2) is 0 Å². The molecule has 21 heavy (non-hydrogen) atoms. The van der Waals surface area contributed by atoms with E-state index in [4.69, 9.17) is 11.6 Å². The molecule has 110 valence electrons. The first-order valence-electron chi connectivity index (χ1n) is 6.68. The van der Waals surface area contributed by atoms with E-state index in [1.54, 1.807) is 6.07 Å². The van der Waals surface area contributed by atoms with Gasteiger partial charge in [-0.15, -0.1) is 0 Å². The van der Waals surface area contributed by atoms with Gasteiger partial charge in [0, 0.05) is 10.7 Å². The van der Waals surface area contributed by atoms with Gasteiger partial charge in [0.25, 0.3) is 5.91 Å². The van der Waals surface area contributed by atoms with Gasteiger partial charge >= 0.3 is 0 Å². The molecule has 2 aromatic rings. The topological polar surface area (TPSA) is 49.3 Å². The standard InChI is InChI=1S/C17H18ClNO2/c1-17(2,3)13-6-4-5-7-14(13)19-16(21)12-9-8-11(18)10-15(12)20/h4-10,20H,1-3H3,(H,19,21). The third-order valence-corrected chi connectivity index (χ3v) is 3.42. The lowest BCUT2D eigenvalue weighted by molar-refractivity contribution is 0.102. The number of benzene rings is 2. The van der Waals surface area contributed by atoms with Crippen molar-refractivity contribution in [2.24, 2.45) is 0 Å². The van der Waals surface area contributed by atoms with E-state index in [-0.39, 0.29) is 22.6 Å². The van der Waals surface area contributed by atoms with E-state index in [1.807, 2.05) is 24.3 Å². The predicted molar refractivity (Wildman–Crippen MR) is 86.2 cm³/mol. The normalized spacial score (nSPS) is 11.2. The Morgan fingerprint density at radius 3 is 2.43 bits per heavy atom. The van der Waals surface area contributed by atoms with Crippen LogP contribution in [-0.2, 0) is 5.41 Å². The van der Waals surface area contributed by atoms with Crippen molar-refractivity contribution in [1.82, 2.24) is 0 Å². The number of para-hydroxylation sites is 1. The fraction of sp³-hybridized carbons (Fsp3) is 0.235. The maximum absolute atomic E-state index is 12.3. The van der Waals surface area contributed by atoms with Crippen molar-refractivity contribution in [3.63, 3.8) is 0 Å². The molecule has 3 nitrogen and oxygen atoms in total. The van der Waals surface area contributed by atoms with E-state index in [9.17, 15) is 9.90 Å². The summed E-state index contributed by atoms with van der Waals surface area (Å²) in [5.41, 5.74) is 1.88. The minimum Gasteiger partial charge on any atom is -0.507 e. The molecular weight excluding hydrogens is 286 g/mol. The number of anilines is 1. The molecule has 0 atom stereocenters. The van der Waals surface area contributed by atoms with Gasteiger partial charge in [0.1, 0.15) is 5.75 Å². The Labute approximate surface area is 129 Å². The van der Waals surface area contributed by atoms with E-state index in [0.29, 0.717) is 5.02 Å². The molecule has 0 heterocycles. The zero-order valence-electron chi connectivity index (χ0n) is 12.3. The van der Waals surface area contributed by atoms with Crippen LogP contribution in [-0.4, -0.2) is 11.0 Å². The van der Waals surface area contributed by atoms with E-state index < -0.39 is 0 Å². The number of phenols is 1. The Morgan fingerprint density at radius 2 is 1.81 bits per heavy atom. The van der Waals surface area contributed by atoms with Gasteiger partial charge < -0.3 is 10.4 Å². The van der Waals surface area contributed by atoms with Crippen LogP contribution < -0.4 is 5.32 Å².